The van der Waals surface area contributed by atoms with Gasteiger partial charge in [-0.3, -0.25) is 0 Å². The van der Waals surface area contributed by atoms with E-state index in [2.05, 4.69) is 12.2 Å². The smallest absolute Gasteiger partial charge is 0.123 e. The molecule has 1 aromatic carbocycles. The van der Waals surface area contributed by atoms with E-state index in [9.17, 15) is 4.39 Å². The lowest BCUT2D eigenvalue weighted by Gasteiger charge is -2.14. The molecule has 1 N–H and O–H groups in total. The number of nitrogens with one attached hydrogen (secondary N) is 1. The first-order valence-corrected chi connectivity index (χ1v) is 6.11. The summed E-state index contributed by atoms with van der Waals surface area (Å²) in [6.45, 7) is 6.18. The molecule has 0 amide bonds. The minimum atomic E-state index is -0.145. The molecule has 3 heteroatoms. The van der Waals surface area contributed by atoms with Crippen LogP contribution in [0.25, 0.3) is 0 Å². The molecule has 1 aliphatic rings. The predicted molar refractivity (Wildman–Crippen MR) is 72.0 cm³/mol. The molecule has 0 bridgehead atoms. The molecule has 1 saturated carbocycles. The first-order chi connectivity index (χ1) is 7.65. The molecule has 0 unspecified atom stereocenters. The number of rotatable bonds is 5. The fourth-order valence-corrected chi connectivity index (χ4v) is 2.15. The van der Waals surface area contributed by atoms with Crippen molar-refractivity contribution >= 4 is 12.4 Å². The standard InChI is InChI=1S/C14H20FN.ClH/c1-3-14(6-7-14)10-16-9-12-4-5-13(15)8-11(12)2;/h4-5,8,16H,3,6-7,9-10H2,1-2H3;1H. The summed E-state index contributed by atoms with van der Waals surface area (Å²) in [6, 6.07) is 5.02. The Morgan fingerprint density at radius 3 is 2.59 bits per heavy atom. The highest BCUT2D eigenvalue weighted by Crippen LogP contribution is 2.47. The fourth-order valence-electron chi connectivity index (χ4n) is 2.15. The maximum Gasteiger partial charge on any atom is 0.123 e. The van der Waals surface area contributed by atoms with Crippen LogP contribution in [0, 0.1) is 18.2 Å². The van der Waals surface area contributed by atoms with Crippen LogP contribution in [0.4, 0.5) is 4.39 Å². The van der Waals surface area contributed by atoms with E-state index in [1.807, 2.05) is 13.0 Å². The van der Waals surface area contributed by atoms with Crippen molar-refractivity contribution in [2.45, 2.75) is 39.7 Å². The summed E-state index contributed by atoms with van der Waals surface area (Å²) in [6.07, 6.45) is 3.99. The number of hydrogen-bond acceptors (Lipinski definition) is 1. The molecule has 0 radical (unpaired) electrons. The van der Waals surface area contributed by atoms with Crippen LogP contribution in [0.1, 0.15) is 37.3 Å². The third-order valence-corrected chi connectivity index (χ3v) is 3.83. The van der Waals surface area contributed by atoms with Crippen LogP contribution < -0.4 is 5.32 Å². The summed E-state index contributed by atoms with van der Waals surface area (Å²) in [5.41, 5.74) is 2.82. The van der Waals surface area contributed by atoms with E-state index in [-0.39, 0.29) is 18.2 Å². The van der Waals surface area contributed by atoms with Gasteiger partial charge in [0, 0.05) is 13.1 Å². The molecule has 1 fully saturated rings. The maximum absolute atomic E-state index is 12.9. The Labute approximate surface area is 109 Å². The molecule has 0 saturated heterocycles. The molecule has 1 aliphatic carbocycles. The highest BCUT2D eigenvalue weighted by atomic mass is 35.5. The topological polar surface area (TPSA) is 12.0 Å². The zero-order chi connectivity index (χ0) is 11.6. The average molecular weight is 258 g/mol. The van der Waals surface area contributed by atoms with Crippen LogP contribution in [0.5, 0.6) is 0 Å². The Bertz CT molecular complexity index is 374. The van der Waals surface area contributed by atoms with Crippen LogP contribution in [0.2, 0.25) is 0 Å². The first-order valence-electron chi connectivity index (χ1n) is 6.11. The third-order valence-electron chi connectivity index (χ3n) is 3.83. The zero-order valence-electron chi connectivity index (χ0n) is 10.6. The van der Waals surface area contributed by atoms with Gasteiger partial charge >= 0.3 is 0 Å². The molecule has 17 heavy (non-hydrogen) atoms. The fraction of sp³-hybridized carbons (Fsp3) is 0.571. The number of halogens is 2. The summed E-state index contributed by atoms with van der Waals surface area (Å²) >= 11 is 0. The molecule has 0 aliphatic heterocycles. The molecule has 0 spiro atoms. The van der Waals surface area contributed by atoms with Gasteiger partial charge in [0.25, 0.3) is 0 Å². The summed E-state index contributed by atoms with van der Waals surface area (Å²) in [5, 5.41) is 3.49. The van der Waals surface area contributed by atoms with Gasteiger partial charge in [-0.1, -0.05) is 13.0 Å². The van der Waals surface area contributed by atoms with E-state index >= 15 is 0 Å². The predicted octanol–water partition coefficient (Wildman–Crippen LogP) is 3.84. The summed E-state index contributed by atoms with van der Waals surface area (Å²) in [4.78, 5) is 0. The Balaban J connectivity index is 0.00000144. The van der Waals surface area contributed by atoms with Gasteiger partial charge in [0.05, 0.1) is 0 Å². The quantitative estimate of drug-likeness (QED) is 0.845. The lowest BCUT2D eigenvalue weighted by molar-refractivity contribution is 0.443. The average Bonchev–Trinajstić information content (AvgIpc) is 3.02. The van der Waals surface area contributed by atoms with Crippen molar-refractivity contribution in [3.8, 4) is 0 Å². The van der Waals surface area contributed by atoms with Crippen molar-refractivity contribution < 1.29 is 4.39 Å². The van der Waals surface area contributed by atoms with Crippen LogP contribution in [0.15, 0.2) is 18.2 Å². The van der Waals surface area contributed by atoms with Gasteiger partial charge in [-0.05, 0) is 54.9 Å². The van der Waals surface area contributed by atoms with Gasteiger partial charge < -0.3 is 5.32 Å². The van der Waals surface area contributed by atoms with Gasteiger partial charge in [0.15, 0.2) is 0 Å². The lowest BCUT2D eigenvalue weighted by Crippen LogP contribution is -2.23. The van der Waals surface area contributed by atoms with Gasteiger partial charge in [-0.2, -0.15) is 0 Å². The van der Waals surface area contributed by atoms with E-state index in [0.29, 0.717) is 5.41 Å². The number of benzene rings is 1. The van der Waals surface area contributed by atoms with Crippen molar-refractivity contribution in [1.29, 1.82) is 0 Å². The van der Waals surface area contributed by atoms with E-state index in [4.69, 9.17) is 0 Å². The molecule has 1 nitrogen and oxygen atoms in total. The minimum absolute atomic E-state index is 0. The molecule has 96 valence electrons. The van der Waals surface area contributed by atoms with Crippen LogP contribution >= 0.6 is 12.4 Å². The lowest BCUT2D eigenvalue weighted by atomic mass is 10.0. The molecule has 0 atom stereocenters. The zero-order valence-corrected chi connectivity index (χ0v) is 11.4. The molecular formula is C14H21ClFN. The van der Waals surface area contributed by atoms with Crippen molar-refractivity contribution in [2.24, 2.45) is 5.41 Å². The SMILES string of the molecule is CCC1(CNCc2ccc(F)cc2C)CC1.Cl. The second-order valence-corrected chi connectivity index (χ2v) is 5.03. The highest BCUT2D eigenvalue weighted by Gasteiger charge is 2.39. The van der Waals surface area contributed by atoms with Crippen LogP contribution in [0.3, 0.4) is 0 Å². The Morgan fingerprint density at radius 1 is 1.35 bits per heavy atom. The van der Waals surface area contributed by atoms with E-state index < -0.39 is 0 Å². The number of aryl methyl sites for hydroxylation is 1. The number of hydrogen-bond donors (Lipinski definition) is 1. The van der Waals surface area contributed by atoms with Crippen molar-refractivity contribution in [2.75, 3.05) is 6.54 Å². The van der Waals surface area contributed by atoms with E-state index in [1.165, 1.54) is 30.9 Å². The van der Waals surface area contributed by atoms with Crippen LogP contribution in [-0.4, -0.2) is 6.54 Å². The second kappa shape index (κ2) is 5.83. The minimum Gasteiger partial charge on any atom is -0.312 e. The van der Waals surface area contributed by atoms with Crippen molar-refractivity contribution in [1.82, 2.24) is 5.32 Å². The molecule has 1 aromatic rings. The molecule has 2 rings (SSSR count). The van der Waals surface area contributed by atoms with Gasteiger partial charge in [0.1, 0.15) is 5.82 Å². The molecule has 0 aromatic heterocycles. The summed E-state index contributed by atoms with van der Waals surface area (Å²) in [7, 11) is 0. The second-order valence-electron chi connectivity index (χ2n) is 5.03. The van der Waals surface area contributed by atoms with Crippen molar-refractivity contribution in [3.63, 3.8) is 0 Å². The summed E-state index contributed by atoms with van der Waals surface area (Å²) < 4.78 is 12.9. The van der Waals surface area contributed by atoms with Gasteiger partial charge in [-0.25, -0.2) is 4.39 Å². The normalized spacial score (nSPS) is 16.4. The Kier molecular flexibility index (Phi) is 4.96. The van der Waals surface area contributed by atoms with Gasteiger partial charge in [-0.15, -0.1) is 12.4 Å². The summed E-state index contributed by atoms with van der Waals surface area (Å²) in [5.74, 6) is -0.145. The highest BCUT2D eigenvalue weighted by molar-refractivity contribution is 5.85. The van der Waals surface area contributed by atoms with Crippen LogP contribution in [-0.2, 0) is 6.54 Å². The Hall–Kier alpha value is -0.600. The monoisotopic (exact) mass is 257 g/mol. The van der Waals surface area contributed by atoms with E-state index in [0.717, 1.165) is 18.7 Å². The van der Waals surface area contributed by atoms with E-state index in [1.54, 1.807) is 6.07 Å². The third kappa shape index (κ3) is 3.68. The molecular weight excluding hydrogens is 237 g/mol. The first kappa shape index (κ1) is 14.5. The maximum atomic E-state index is 12.9. The largest absolute Gasteiger partial charge is 0.312 e. The van der Waals surface area contributed by atoms with Gasteiger partial charge in [0.2, 0.25) is 0 Å². The Morgan fingerprint density at radius 2 is 2.06 bits per heavy atom. The van der Waals surface area contributed by atoms with Crippen molar-refractivity contribution in [3.05, 3.63) is 35.1 Å². The molecule has 0 heterocycles.